The highest BCUT2D eigenvalue weighted by Crippen LogP contribution is 2.32. The van der Waals surface area contributed by atoms with Crippen LogP contribution in [0.25, 0.3) is 21.5 Å². The Morgan fingerprint density at radius 3 is 2.94 bits per heavy atom. The van der Waals surface area contributed by atoms with E-state index in [0.717, 1.165) is 20.1 Å². The van der Waals surface area contributed by atoms with Crippen molar-refractivity contribution in [1.82, 2.24) is 10.4 Å². The summed E-state index contributed by atoms with van der Waals surface area (Å²) in [6, 6.07) is 16.0. The number of rotatable bonds is 7. The second-order valence-corrected chi connectivity index (χ2v) is 8.76. The summed E-state index contributed by atoms with van der Waals surface area (Å²) in [7, 11) is 0. The molecule has 0 fully saturated rings. The summed E-state index contributed by atoms with van der Waals surface area (Å²) < 4.78 is 7.52. The second-order valence-electron chi connectivity index (χ2n) is 6.51. The van der Waals surface area contributed by atoms with Crippen LogP contribution in [-0.2, 0) is 4.79 Å². The van der Waals surface area contributed by atoms with Crippen molar-refractivity contribution in [2.24, 2.45) is 5.10 Å². The number of aromatic nitrogens is 1. The highest BCUT2D eigenvalue weighted by Gasteiger charge is 2.18. The average molecular weight is 453 g/mol. The Hall–Kier alpha value is -3.50. The molecule has 1 N–H and O–H groups in total. The van der Waals surface area contributed by atoms with Crippen LogP contribution in [0.1, 0.15) is 11.3 Å². The predicted molar refractivity (Wildman–Crippen MR) is 122 cm³/mol. The normalized spacial score (nSPS) is 11.3. The number of fused-ring (bicyclic) bond motifs is 1. The molecule has 0 aliphatic carbocycles. The third-order valence-electron chi connectivity index (χ3n) is 4.22. The van der Waals surface area contributed by atoms with Gasteiger partial charge in [-0.15, -0.1) is 11.3 Å². The van der Waals surface area contributed by atoms with Crippen LogP contribution in [0.4, 0.5) is 5.69 Å². The maximum atomic E-state index is 12.0. The van der Waals surface area contributed by atoms with Gasteiger partial charge in [0.15, 0.2) is 4.34 Å². The minimum atomic E-state index is -0.443. The van der Waals surface area contributed by atoms with Gasteiger partial charge in [-0.05, 0) is 42.8 Å². The van der Waals surface area contributed by atoms with E-state index in [1.165, 1.54) is 35.4 Å². The zero-order valence-corrected chi connectivity index (χ0v) is 17.9. The Morgan fingerprint density at radius 1 is 1.29 bits per heavy atom. The van der Waals surface area contributed by atoms with Gasteiger partial charge in [0, 0.05) is 6.07 Å². The number of hydrazone groups is 1. The molecule has 4 rings (SSSR count). The fourth-order valence-corrected chi connectivity index (χ4v) is 4.67. The molecule has 31 heavy (non-hydrogen) atoms. The number of hydrogen-bond acceptors (Lipinski definition) is 8. The molecule has 8 nitrogen and oxygen atoms in total. The molecule has 10 heteroatoms. The minimum absolute atomic E-state index is 0.0296. The first-order chi connectivity index (χ1) is 15.0. The molecule has 0 aliphatic rings. The van der Waals surface area contributed by atoms with Crippen LogP contribution in [0.5, 0.6) is 0 Å². The van der Waals surface area contributed by atoms with Crippen LogP contribution in [0.15, 0.2) is 68.5 Å². The summed E-state index contributed by atoms with van der Waals surface area (Å²) in [6.07, 6.45) is 1.35. The molecule has 2 aromatic carbocycles. The van der Waals surface area contributed by atoms with Gasteiger partial charge >= 0.3 is 0 Å². The number of amides is 1. The van der Waals surface area contributed by atoms with E-state index < -0.39 is 4.92 Å². The van der Waals surface area contributed by atoms with Gasteiger partial charge in [0.2, 0.25) is 0 Å². The van der Waals surface area contributed by atoms with E-state index in [1.807, 2.05) is 24.3 Å². The number of aryl methyl sites for hydroxylation is 1. The Labute approximate surface area is 185 Å². The lowest BCUT2D eigenvalue weighted by molar-refractivity contribution is -0.384. The standard InChI is InChI=1S/C21H16N4O4S2/c1-13-6-8-15(17(10-13)25(27)28)18-9-7-14(29-18)11-22-24-20(26)12-30-21-23-16-4-2-3-5-19(16)31-21/h2-11H,12H2,1H3,(H,24,26)/b22-11+. The summed E-state index contributed by atoms with van der Waals surface area (Å²) >= 11 is 2.88. The molecule has 4 aromatic rings. The SMILES string of the molecule is Cc1ccc(-c2ccc(/C=N/NC(=O)CSc3nc4ccccc4s3)o2)c([N+](=O)[O-])c1. The molecule has 1 amide bonds. The van der Waals surface area contributed by atoms with Gasteiger partial charge in [0.25, 0.3) is 11.6 Å². The highest BCUT2D eigenvalue weighted by atomic mass is 32.2. The van der Waals surface area contributed by atoms with E-state index in [9.17, 15) is 14.9 Å². The summed E-state index contributed by atoms with van der Waals surface area (Å²) in [5.74, 6) is 0.618. The lowest BCUT2D eigenvalue weighted by Gasteiger charge is -2.01. The number of nitrogens with zero attached hydrogens (tertiary/aromatic N) is 3. The van der Waals surface area contributed by atoms with Crippen LogP contribution in [0.2, 0.25) is 0 Å². The molecule has 0 unspecified atom stereocenters. The number of nitrogens with one attached hydrogen (secondary N) is 1. The Kier molecular flexibility index (Phi) is 6.10. The van der Waals surface area contributed by atoms with Crippen molar-refractivity contribution in [1.29, 1.82) is 0 Å². The van der Waals surface area contributed by atoms with Gasteiger partial charge in [-0.3, -0.25) is 14.9 Å². The summed E-state index contributed by atoms with van der Waals surface area (Å²) in [6.45, 7) is 1.79. The van der Waals surface area contributed by atoms with Gasteiger partial charge < -0.3 is 4.42 Å². The summed E-state index contributed by atoms with van der Waals surface area (Å²) in [5, 5.41) is 15.2. The van der Waals surface area contributed by atoms with Crippen molar-refractivity contribution < 1.29 is 14.1 Å². The molecule has 2 aromatic heterocycles. The lowest BCUT2D eigenvalue weighted by Crippen LogP contribution is -2.19. The van der Waals surface area contributed by atoms with E-state index >= 15 is 0 Å². The molecule has 156 valence electrons. The number of carbonyl (C=O) groups is 1. The zero-order chi connectivity index (χ0) is 21.8. The van der Waals surface area contributed by atoms with Crippen molar-refractivity contribution in [3.05, 3.63) is 76.0 Å². The van der Waals surface area contributed by atoms with Gasteiger partial charge in [0.05, 0.1) is 32.7 Å². The predicted octanol–water partition coefficient (Wildman–Crippen LogP) is 5.02. The van der Waals surface area contributed by atoms with Gasteiger partial charge in [-0.25, -0.2) is 10.4 Å². The maximum Gasteiger partial charge on any atom is 0.280 e. The fraction of sp³-hybridized carbons (Fsp3) is 0.0952. The van der Waals surface area contributed by atoms with E-state index in [1.54, 1.807) is 31.2 Å². The molecule has 2 heterocycles. The van der Waals surface area contributed by atoms with Crippen molar-refractivity contribution in [3.8, 4) is 11.3 Å². The third-order valence-corrected chi connectivity index (χ3v) is 6.40. The van der Waals surface area contributed by atoms with Crippen LogP contribution in [0.3, 0.4) is 0 Å². The number of thioether (sulfide) groups is 1. The maximum absolute atomic E-state index is 12.0. The Morgan fingerprint density at radius 2 is 2.13 bits per heavy atom. The molecule has 0 saturated heterocycles. The van der Waals surface area contributed by atoms with Gasteiger partial charge in [-0.2, -0.15) is 5.10 Å². The number of benzene rings is 2. The van der Waals surface area contributed by atoms with Crippen LogP contribution in [0, 0.1) is 17.0 Å². The van der Waals surface area contributed by atoms with Crippen LogP contribution >= 0.6 is 23.1 Å². The Balaban J connectivity index is 1.35. The average Bonchev–Trinajstić information content (AvgIpc) is 3.39. The first kappa shape index (κ1) is 20.8. The smallest absolute Gasteiger partial charge is 0.280 e. The number of nitro groups is 1. The van der Waals surface area contributed by atoms with E-state index in [2.05, 4.69) is 15.5 Å². The molecule has 0 aliphatic heterocycles. The van der Waals surface area contributed by atoms with Crippen molar-refractivity contribution >= 4 is 51.1 Å². The first-order valence-corrected chi connectivity index (χ1v) is 11.0. The van der Waals surface area contributed by atoms with Gasteiger partial charge in [-0.1, -0.05) is 30.0 Å². The summed E-state index contributed by atoms with van der Waals surface area (Å²) in [5.41, 5.74) is 4.49. The van der Waals surface area contributed by atoms with Crippen LogP contribution in [-0.4, -0.2) is 27.8 Å². The number of furan rings is 1. The van der Waals surface area contributed by atoms with E-state index in [0.29, 0.717) is 17.1 Å². The molecule has 0 radical (unpaired) electrons. The van der Waals surface area contributed by atoms with Crippen molar-refractivity contribution in [2.75, 3.05) is 5.75 Å². The van der Waals surface area contributed by atoms with Crippen LogP contribution < -0.4 is 5.43 Å². The summed E-state index contributed by atoms with van der Waals surface area (Å²) in [4.78, 5) is 27.4. The lowest BCUT2D eigenvalue weighted by atomic mass is 10.1. The highest BCUT2D eigenvalue weighted by molar-refractivity contribution is 8.01. The molecular weight excluding hydrogens is 436 g/mol. The number of carbonyl (C=O) groups excluding carboxylic acids is 1. The topological polar surface area (TPSA) is 111 Å². The largest absolute Gasteiger partial charge is 0.455 e. The van der Waals surface area contributed by atoms with E-state index in [4.69, 9.17) is 4.42 Å². The molecule has 0 saturated carbocycles. The number of hydrogen-bond donors (Lipinski definition) is 1. The van der Waals surface area contributed by atoms with E-state index in [-0.39, 0.29) is 17.3 Å². The molecule has 0 spiro atoms. The number of para-hydroxylation sites is 1. The molecule has 0 bridgehead atoms. The zero-order valence-electron chi connectivity index (χ0n) is 16.3. The van der Waals surface area contributed by atoms with Gasteiger partial charge in [0.1, 0.15) is 11.5 Å². The molecule has 0 atom stereocenters. The first-order valence-electron chi connectivity index (χ1n) is 9.15. The Bertz CT molecular complexity index is 1260. The number of nitro benzene ring substituents is 1. The fourth-order valence-electron chi connectivity index (χ4n) is 2.81. The molecular formula is C21H16N4O4S2. The third kappa shape index (κ3) is 4.98. The second kappa shape index (κ2) is 9.11. The monoisotopic (exact) mass is 452 g/mol. The quantitative estimate of drug-likeness (QED) is 0.182. The number of thiazole rings is 1. The van der Waals surface area contributed by atoms with Crippen molar-refractivity contribution in [3.63, 3.8) is 0 Å². The minimum Gasteiger partial charge on any atom is -0.455 e. The van der Waals surface area contributed by atoms with Crippen molar-refractivity contribution in [2.45, 2.75) is 11.3 Å².